The van der Waals surface area contributed by atoms with Gasteiger partial charge in [0.1, 0.15) is 0 Å². The molecule has 0 N–H and O–H groups in total. The van der Waals surface area contributed by atoms with Gasteiger partial charge in [0.2, 0.25) is 0 Å². The highest BCUT2D eigenvalue weighted by molar-refractivity contribution is 5.66. The van der Waals surface area contributed by atoms with Gasteiger partial charge in [0, 0.05) is 5.92 Å². The molecule has 0 aromatic heterocycles. The van der Waals surface area contributed by atoms with Crippen LogP contribution in [-0.4, -0.2) is 0 Å². The molecule has 0 saturated carbocycles. The molecule has 0 nitrogen and oxygen atoms in total. The lowest BCUT2D eigenvalue weighted by Crippen LogP contribution is -2.11. The maximum atomic E-state index is 2.41. The average molecular weight is 212 g/mol. The highest BCUT2D eigenvalue weighted by Crippen LogP contribution is 2.40. The van der Waals surface area contributed by atoms with Gasteiger partial charge in [-0.2, -0.15) is 0 Å². The summed E-state index contributed by atoms with van der Waals surface area (Å²) >= 11 is 0. The smallest absolute Gasteiger partial charge is 0.00530 e. The molecule has 0 fully saturated rings. The number of allylic oxidation sites excluding steroid dienone is 1. The third-order valence-electron chi connectivity index (χ3n) is 4.15. The van der Waals surface area contributed by atoms with Crippen LogP contribution in [0.4, 0.5) is 0 Å². The minimum Gasteiger partial charge on any atom is -0.0761 e. The summed E-state index contributed by atoms with van der Waals surface area (Å²) in [5.74, 6) is 1.40. The van der Waals surface area contributed by atoms with Gasteiger partial charge in [0.05, 0.1) is 0 Å². The van der Waals surface area contributed by atoms with E-state index in [2.05, 4.69) is 38.1 Å². The molecule has 1 atom stereocenters. The molecule has 2 aliphatic rings. The quantitative estimate of drug-likeness (QED) is 0.650. The molecule has 0 radical (unpaired) electrons. The van der Waals surface area contributed by atoms with Crippen molar-refractivity contribution in [1.29, 1.82) is 0 Å². The van der Waals surface area contributed by atoms with Gasteiger partial charge in [0.15, 0.2) is 0 Å². The van der Waals surface area contributed by atoms with E-state index < -0.39 is 0 Å². The standard InChI is InChI=1S/C16H20/c1-11(2)14-10-9-13-8-7-12-5-3-4-6-15(12)16(13)14/h7-11,14H,3-6H2,1-2H3. The van der Waals surface area contributed by atoms with E-state index in [0.29, 0.717) is 5.92 Å². The second-order valence-corrected chi connectivity index (χ2v) is 5.54. The summed E-state index contributed by atoms with van der Waals surface area (Å²) in [6, 6.07) is 4.69. The number of aryl methyl sites for hydroxylation is 1. The summed E-state index contributed by atoms with van der Waals surface area (Å²) in [5.41, 5.74) is 6.46. The van der Waals surface area contributed by atoms with Gasteiger partial charge in [-0.05, 0) is 53.9 Å². The fraction of sp³-hybridized carbons (Fsp3) is 0.500. The predicted molar refractivity (Wildman–Crippen MR) is 69.7 cm³/mol. The van der Waals surface area contributed by atoms with Crippen LogP contribution in [0.1, 0.15) is 54.9 Å². The molecule has 1 aromatic rings. The molecule has 1 aromatic carbocycles. The zero-order valence-electron chi connectivity index (χ0n) is 10.3. The molecule has 3 rings (SSSR count). The van der Waals surface area contributed by atoms with Crippen LogP contribution in [0.25, 0.3) is 6.08 Å². The zero-order chi connectivity index (χ0) is 11.1. The van der Waals surface area contributed by atoms with Crippen molar-refractivity contribution in [3.8, 4) is 0 Å². The van der Waals surface area contributed by atoms with Crippen LogP contribution in [0.5, 0.6) is 0 Å². The van der Waals surface area contributed by atoms with Crippen LogP contribution in [0, 0.1) is 5.92 Å². The minimum absolute atomic E-state index is 0.669. The second-order valence-electron chi connectivity index (χ2n) is 5.54. The van der Waals surface area contributed by atoms with E-state index >= 15 is 0 Å². The lowest BCUT2D eigenvalue weighted by molar-refractivity contribution is 0.572. The Labute approximate surface area is 98.4 Å². The Morgan fingerprint density at radius 3 is 2.75 bits per heavy atom. The van der Waals surface area contributed by atoms with E-state index in [1.54, 1.807) is 16.7 Å². The Balaban J connectivity index is 2.13. The lowest BCUT2D eigenvalue weighted by atomic mass is 9.80. The fourth-order valence-electron chi connectivity index (χ4n) is 3.27. The molecule has 16 heavy (non-hydrogen) atoms. The number of benzene rings is 1. The topological polar surface area (TPSA) is 0 Å². The maximum Gasteiger partial charge on any atom is 0.00530 e. The third kappa shape index (κ3) is 1.43. The van der Waals surface area contributed by atoms with E-state index in [0.717, 1.165) is 5.92 Å². The first kappa shape index (κ1) is 10.1. The van der Waals surface area contributed by atoms with Crippen LogP contribution >= 0.6 is 0 Å². The molecule has 84 valence electrons. The Hall–Kier alpha value is -1.04. The molecule has 0 spiro atoms. The first-order valence-electron chi connectivity index (χ1n) is 6.60. The van der Waals surface area contributed by atoms with Crippen molar-refractivity contribution in [2.45, 2.75) is 45.4 Å². The van der Waals surface area contributed by atoms with Gasteiger partial charge < -0.3 is 0 Å². The molecular formula is C16H20. The monoisotopic (exact) mass is 212 g/mol. The first-order chi connectivity index (χ1) is 7.77. The highest BCUT2D eigenvalue weighted by Gasteiger charge is 2.25. The summed E-state index contributed by atoms with van der Waals surface area (Å²) in [5, 5.41) is 0. The number of hydrogen-bond donors (Lipinski definition) is 0. The number of rotatable bonds is 1. The Morgan fingerprint density at radius 1 is 1.12 bits per heavy atom. The van der Waals surface area contributed by atoms with Crippen molar-refractivity contribution in [2.24, 2.45) is 5.92 Å². The van der Waals surface area contributed by atoms with E-state index in [1.165, 1.54) is 31.2 Å². The molecule has 0 bridgehead atoms. The Bertz CT molecular complexity index is 438. The van der Waals surface area contributed by atoms with E-state index in [9.17, 15) is 0 Å². The largest absolute Gasteiger partial charge is 0.0761 e. The van der Waals surface area contributed by atoms with Gasteiger partial charge in [-0.15, -0.1) is 0 Å². The van der Waals surface area contributed by atoms with Crippen LogP contribution in [0.15, 0.2) is 18.2 Å². The number of fused-ring (bicyclic) bond motifs is 3. The summed E-state index contributed by atoms with van der Waals surface area (Å²) in [7, 11) is 0. The third-order valence-corrected chi connectivity index (χ3v) is 4.15. The normalized spacial score (nSPS) is 22.3. The summed E-state index contributed by atoms with van der Waals surface area (Å²) in [6.07, 6.45) is 10.1. The Kier molecular flexibility index (Phi) is 2.38. The van der Waals surface area contributed by atoms with Crippen molar-refractivity contribution in [1.82, 2.24) is 0 Å². The van der Waals surface area contributed by atoms with Gasteiger partial charge >= 0.3 is 0 Å². The van der Waals surface area contributed by atoms with E-state index in [4.69, 9.17) is 0 Å². The highest BCUT2D eigenvalue weighted by atomic mass is 14.3. The first-order valence-corrected chi connectivity index (χ1v) is 6.60. The molecule has 2 aliphatic carbocycles. The SMILES string of the molecule is CC(C)C1C=Cc2ccc3c(c21)CCCC3. The molecule has 0 amide bonds. The van der Waals surface area contributed by atoms with Crippen molar-refractivity contribution in [2.75, 3.05) is 0 Å². The van der Waals surface area contributed by atoms with Gasteiger partial charge in [0.25, 0.3) is 0 Å². The van der Waals surface area contributed by atoms with Crippen molar-refractivity contribution < 1.29 is 0 Å². The van der Waals surface area contributed by atoms with Gasteiger partial charge in [-0.25, -0.2) is 0 Å². The molecule has 0 saturated heterocycles. The lowest BCUT2D eigenvalue weighted by Gasteiger charge is -2.24. The molecular weight excluding hydrogens is 192 g/mol. The van der Waals surface area contributed by atoms with Gasteiger partial charge in [-0.1, -0.05) is 38.1 Å². The van der Waals surface area contributed by atoms with Crippen LogP contribution in [-0.2, 0) is 12.8 Å². The zero-order valence-corrected chi connectivity index (χ0v) is 10.3. The fourth-order valence-corrected chi connectivity index (χ4v) is 3.27. The maximum absolute atomic E-state index is 2.41. The Morgan fingerprint density at radius 2 is 1.94 bits per heavy atom. The van der Waals surface area contributed by atoms with E-state index in [-0.39, 0.29) is 0 Å². The molecule has 1 unspecified atom stereocenters. The number of hydrogen-bond acceptors (Lipinski definition) is 0. The van der Waals surface area contributed by atoms with Crippen LogP contribution in [0.2, 0.25) is 0 Å². The van der Waals surface area contributed by atoms with E-state index in [1.807, 2.05) is 0 Å². The average Bonchev–Trinajstić information content (AvgIpc) is 2.73. The van der Waals surface area contributed by atoms with Crippen molar-refractivity contribution >= 4 is 6.08 Å². The molecule has 0 heteroatoms. The van der Waals surface area contributed by atoms with Crippen molar-refractivity contribution in [3.63, 3.8) is 0 Å². The van der Waals surface area contributed by atoms with Gasteiger partial charge in [-0.3, -0.25) is 0 Å². The van der Waals surface area contributed by atoms with Crippen LogP contribution in [0.3, 0.4) is 0 Å². The predicted octanol–water partition coefficient (Wildman–Crippen LogP) is 4.33. The minimum atomic E-state index is 0.669. The molecule has 0 heterocycles. The molecule has 0 aliphatic heterocycles. The summed E-state index contributed by atoms with van der Waals surface area (Å²) < 4.78 is 0. The summed E-state index contributed by atoms with van der Waals surface area (Å²) in [4.78, 5) is 0. The second kappa shape index (κ2) is 3.76. The van der Waals surface area contributed by atoms with Crippen molar-refractivity contribution in [3.05, 3.63) is 40.5 Å². The summed E-state index contributed by atoms with van der Waals surface area (Å²) in [6.45, 7) is 4.68. The van der Waals surface area contributed by atoms with Crippen LogP contribution < -0.4 is 0 Å².